The van der Waals surface area contributed by atoms with Gasteiger partial charge in [-0.2, -0.15) is 0 Å². The van der Waals surface area contributed by atoms with E-state index in [-0.39, 0.29) is 18.4 Å². The van der Waals surface area contributed by atoms with Crippen molar-refractivity contribution in [2.45, 2.75) is 38.1 Å². The summed E-state index contributed by atoms with van der Waals surface area (Å²) in [6.07, 6.45) is 5.11. The van der Waals surface area contributed by atoms with E-state index in [2.05, 4.69) is 0 Å². The fourth-order valence-corrected chi connectivity index (χ4v) is 2.46. The zero-order valence-electron chi connectivity index (χ0n) is 9.73. The fourth-order valence-electron chi connectivity index (χ4n) is 2.46. The average molecular weight is 227 g/mol. The van der Waals surface area contributed by atoms with E-state index in [1.54, 1.807) is 0 Å². The van der Waals surface area contributed by atoms with Crippen molar-refractivity contribution in [1.82, 2.24) is 4.90 Å². The van der Waals surface area contributed by atoms with Crippen LogP contribution in [-0.4, -0.2) is 48.3 Å². The molecular formula is C12H21NO3. The Hall–Kier alpha value is -0.610. The third-order valence-corrected chi connectivity index (χ3v) is 3.71. The molecule has 2 rings (SSSR count). The van der Waals surface area contributed by atoms with Gasteiger partial charge in [-0.3, -0.25) is 4.79 Å². The van der Waals surface area contributed by atoms with Gasteiger partial charge in [-0.15, -0.1) is 0 Å². The first-order valence-electron chi connectivity index (χ1n) is 6.32. The van der Waals surface area contributed by atoms with Crippen LogP contribution in [0, 0.1) is 5.92 Å². The summed E-state index contributed by atoms with van der Waals surface area (Å²) in [6.45, 7) is 1.98. The summed E-state index contributed by atoms with van der Waals surface area (Å²) in [5, 5.41) is 9.03. The number of ether oxygens (including phenoxy) is 1. The van der Waals surface area contributed by atoms with Crippen LogP contribution in [0.3, 0.4) is 0 Å². The second-order valence-electron chi connectivity index (χ2n) is 4.73. The summed E-state index contributed by atoms with van der Waals surface area (Å²) in [5.74, 6) is 0.364. The Kier molecular flexibility index (Phi) is 4.18. The van der Waals surface area contributed by atoms with Gasteiger partial charge in [0.2, 0.25) is 5.91 Å². The highest BCUT2D eigenvalue weighted by molar-refractivity contribution is 5.79. The summed E-state index contributed by atoms with van der Waals surface area (Å²) < 4.78 is 5.27. The molecular weight excluding hydrogens is 206 g/mol. The van der Waals surface area contributed by atoms with E-state index in [1.807, 2.05) is 4.90 Å². The van der Waals surface area contributed by atoms with E-state index in [1.165, 1.54) is 6.42 Å². The van der Waals surface area contributed by atoms with Crippen molar-refractivity contribution in [2.24, 2.45) is 5.92 Å². The number of rotatable bonds is 4. The molecule has 0 aromatic rings. The van der Waals surface area contributed by atoms with Crippen molar-refractivity contribution in [3.63, 3.8) is 0 Å². The molecule has 1 saturated carbocycles. The molecule has 1 amide bonds. The van der Waals surface area contributed by atoms with Crippen molar-refractivity contribution in [1.29, 1.82) is 0 Å². The molecule has 1 aliphatic heterocycles. The molecule has 4 nitrogen and oxygen atoms in total. The Balaban J connectivity index is 1.92. The third-order valence-electron chi connectivity index (χ3n) is 3.71. The molecule has 0 aromatic carbocycles. The lowest BCUT2D eigenvalue weighted by atomic mass is 9.89. The Morgan fingerprint density at radius 2 is 1.94 bits per heavy atom. The number of carbonyl (C=O) groups is 1. The number of amides is 1. The number of hydrogen-bond donors (Lipinski definition) is 1. The number of nitrogens with zero attached hydrogens (tertiary/aromatic N) is 1. The highest BCUT2D eigenvalue weighted by Gasteiger charge is 2.33. The zero-order chi connectivity index (χ0) is 11.4. The van der Waals surface area contributed by atoms with Crippen LogP contribution in [0.2, 0.25) is 0 Å². The van der Waals surface area contributed by atoms with Crippen LogP contribution in [-0.2, 0) is 9.53 Å². The molecule has 1 N–H and O–H groups in total. The first-order valence-corrected chi connectivity index (χ1v) is 6.32. The highest BCUT2D eigenvalue weighted by atomic mass is 16.5. The van der Waals surface area contributed by atoms with Crippen LogP contribution >= 0.6 is 0 Å². The molecule has 0 unspecified atom stereocenters. The molecule has 0 aromatic heterocycles. The molecule has 0 radical (unpaired) electrons. The van der Waals surface area contributed by atoms with Gasteiger partial charge in [0.15, 0.2) is 0 Å². The third kappa shape index (κ3) is 2.55. The monoisotopic (exact) mass is 227 g/mol. The fraction of sp³-hybridized carbons (Fsp3) is 0.917. The Morgan fingerprint density at radius 1 is 1.25 bits per heavy atom. The van der Waals surface area contributed by atoms with Crippen LogP contribution in [0.15, 0.2) is 0 Å². The normalized spacial score (nSPS) is 22.8. The van der Waals surface area contributed by atoms with Gasteiger partial charge in [0.1, 0.15) is 0 Å². The summed E-state index contributed by atoms with van der Waals surface area (Å²) in [4.78, 5) is 14.2. The topological polar surface area (TPSA) is 49.8 Å². The first kappa shape index (κ1) is 11.9. The summed E-state index contributed by atoms with van der Waals surface area (Å²) in [6, 6.07) is 0.391. The second-order valence-corrected chi connectivity index (χ2v) is 4.73. The standard InChI is InChI=1S/C12H21NO3/c14-7-6-13(11-2-1-3-11)12(15)10-4-8-16-9-5-10/h10-11,14H,1-9H2. The maximum Gasteiger partial charge on any atom is 0.226 e. The largest absolute Gasteiger partial charge is 0.395 e. The zero-order valence-corrected chi connectivity index (χ0v) is 9.73. The van der Waals surface area contributed by atoms with E-state index in [4.69, 9.17) is 9.84 Å². The average Bonchev–Trinajstić information content (AvgIpc) is 2.26. The molecule has 1 saturated heterocycles. The summed E-state index contributed by atoms with van der Waals surface area (Å²) >= 11 is 0. The van der Waals surface area contributed by atoms with E-state index >= 15 is 0 Å². The maximum absolute atomic E-state index is 12.3. The predicted molar refractivity (Wildman–Crippen MR) is 60.0 cm³/mol. The van der Waals surface area contributed by atoms with Crippen molar-refractivity contribution < 1.29 is 14.6 Å². The smallest absolute Gasteiger partial charge is 0.226 e. The van der Waals surface area contributed by atoms with Crippen molar-refractivity contribution in [3.8, 4) is 0 Å². The predicted octanol–water partition coefficient (Wildman–Crippen LogP) is 0.786. The van der Waals surface area contributed by atoms with Gasteiger partial charge in [-0.05, 0) is 32.1 Å². The van der Waals surface area contributed by atoms with Gasteiger partial charge in [-0.1, -0.05) is 0 Å². The second kappa shape index (κ2) is 5.64. The van der Waals surface area contributed by atoms with Crippen molar-refractivity contribution in [3.05, 3.63) is 0 Å². The molecule has 16 heavy (non-hydrogen) atoms. The molecule has 92 valence electrons. The number of aliphatic hydroxyl groups is 1. The van der Waals surface area contributed by atoms with Crippen LogP contribution < -0.4 is 0 Å². The van der Waals surface area contributed by atoms with Crippen LogP contribution in [0.25, 0.3) is 0 Å². The SMILES string of the molecule is O=C(C1CCOCC1)N(CCO)C1CCC1. The molecule has 1 heterocycles. The molecule has 0 atom stereocenters. The van der Waals surface area contributed by atoms with Crippen molar-refractivity contribution in [2.75, 3.05) is 26.4 Å². The quantitative estimate of drug-likeness (QED) is 0.772. The molecule has 0 bridgehead atoms. The lowest BCUT2D eigenvalue weighted by Crippen LogP contribution is -2.48. The van der Waals surface area contributed by atoms with Gasteiger partial charge in [0.25, 0.3) is 0 Å². The highest BCUT2D eigenvalue weighted by Crippen LogP contribution is 2.27. The lowest BCUT2D eigenvalue weighted by Gasteiger charge is -2.39. The Bertz CT molecular complexity index is 234. The molecule has 4 heteroatoms. The summed E-state index contributed by atoms with van der Waals surface area (Å²) in [7, 11) is 0. The number of hydrogen-bond acceptors (Lipinski definition) is 3. The van der Waals surface area contributed by atoms with Crippen LogP contribution in [0.4, 0.5) is 0 Å². The minimum Gasteiger partial charge on any atom is -0.395 e. The van der Waals surface area contributed by atoms with Gasteiger partial charge in [0.05, 0.1) is 6.61 Å². The van der Waals surface area contributed by atoms with Crippen molar-refractivity contribution >= 4 is 5.91 Å². The van der Waals surface area contributed by atoms with E-state index in [0.717, 1.165) is 25.7 Å². The maximum atomic E-state index is 12.3. The molecule has 1 aliphatic carbocycles. The van der Waals surface area contributed by atoms with E-state index < -0.39 is 0 Å². The Morgan fingerprint density at radius 3 is 2.44 bits per heavy atom. The van der Waals surface area contributed by atoms with E-state index in [9.17, 15) is 4.79 Å². The van der Waals surface area contributed by atoms with Gasteiger partial charge >= 0.3 is 0 Å². The molecule has 2 fully saturated rings. The number of aliphatic hydroxyl groups excluding tert-OH is 1. The lowest BCUT2D eigenvalue weighted by molar-refractivity contribution is -0.143. The van der Waals surface area contributed by atoms with Gasteiger partial charge in [0, 0.05) is 31.7 Å². The minimum atomic E-state index is 0.0749. The molecule has 0 spiro atoms. The minimum absolute atomic E-state index is 0.0749. The van der Waals surface area contributed by atoms with Crippen LogP contribution in [0.5, 0.6) is 0 Å². The number of carbonyl (C=O) groups excluding carboxylic acids is 1. The first-order chi connectivity index (χ1) is 7.83. The Labute approximate surface area is 96.6 Å². The summed E-state index contributed by atoms with van der Waals surface area (Å²) in [5.41, 5.74) is 0. The van der Waals surface area contributed by atoms with E-state index in [0.29, 0.717) is 25.8 Å². The molecule has 2 aliphatic rings. The van der Waals surface area contributed by atoms with Gasteiger partial charge in [-0.25, -0.2) is 0 Å². The van der Waals surface area contributed by atoms with Gasteiger partial charge < -0.3 is 14.7 Å². The van der Waals surface area contributed by atoms with Crippen LogP contribution in [0.1, 0.15) is 32.1 Å².